The maximum atomic E-state index is 13.3. The van der Waals surface area contributed by atoms with Gasteiger partial charge in [0.05, 0.1) is 33.3 Å². The normalized spacial score (nSPS) is 19.8. The van der Waals surface area contributed by atoms with Crippen molar-refractivity contribution < 1.29 is 33.4 Å². The van der Waals surface area contributed by atoms with Crippen LogP contribution in [0.3, 0.4) is 0 Å². The lowest BCUT2D eigenvalue weighted by Gasteiger charge is -2.55. The number of nitriles is 1. The summed E-state index contributed by atoms with van der Waals surface area (Å²) in [6.45, 7) is 9.73. The molecule has 5 amide bonds. The average molecular weight is 935 g/mol. The van der Waals surface area contributed by atoms with Crippen molar-refractivity contribution in [2.75, 3.05) is 62.0 Å². The Hall–Kier alpha value is -6.12. The zero-order valence-electron chi connectivity index (χ0n) is 36.6. The molecule has 16 nitrogen and oxygen atoms in total. The van der Waals surface area contributed by atoms with Crippen molar-refractivity contribution in [1.29, 1.82) is 5.26 Å². The fraction of sp³-hybridized carbons (Fsp3) is 0.417. The van der Waals surface area contributed by atoms with E-state index in [1.165, 1.54) is 0 Å². The largest absolute Gasteiger partial charge is 0.489 e. The van der Waals surface area contributed by atoms with Crippen LogP contribution < -0.4 is 25.0 Å². The number of imide groups is 2. The summed E-state index contributed by atoms with van der Waals surface area (Å²) in [4.78, 5) is 80.8. The Labute approximate surface area is 392 Å². The van der Waals surface area contributed by atoms with Crippen LogP contribution in [-0.2, 0) is 26.4 Å². The van der Waals surface area contributed by atoms with Crippen LogP contribution in [0.1, 0.15) is 82.6 Å². The van der Waals surface area contributed by atoms with Crippen molar-refractivity contribution in [3.8, 4) is 17.6 Å². The topological polar surface area (TPSA) is 190 Å². The Morgan fingerprint density at radius 1 is 0.894 bits per heavy atom. The number of halogens is 2. The minimum absolute atomic E-state index is 0.0806. The molecule has 3 aromatic carbocycles. The highest BCUT2D eigenvalue weighted by atomic mass is 35.5. The molecule has 1 atom stereocenters. The Morgan fingerprint density at radius 2 is 1.62 bits per heavy atom. The Bertz CT molecular complexity index is 2620. The van der Waals surface area contributed by atoms with Gasteiger partial charge in [0.15, 0.2) is 5.75 Å². The van der Waals surface area contributed by atoms with Crippen molar-refractivity contribution in [1.82, 2.24) is 30.0 Å². The van der Waals surface area contributed by atoms with Crippen LogP contribution in [0.2, 0.25) is 5.02 Å². The second kappa shape index (κ2) is 18.6. The predicted octanol–water partition coefficient (Wildman–Crippen LogP) is 5.15. The Balaban J connectivity index is 0.701. The zero-order chi connectivity index (χ0) is 46.3. The first-order chi connectivity index (χ1) is 31.8. The van der Waals surface area contributed by atoms with E-state index in [0.29, 0.717) is 39.9 Å². The molecule has 18 heteroatoms. The molecule has 4 saturated heterocycles. The quantitative estimate of drug-likeness (QED) is 0.125. The molecule has 5 aliphatic heterocycles. The molecule has 1 aromatic heterocycles. The summed E-state index contributed by atoms with van der Waals surface area (Å²) in [7, 11) is 0. The van der Waals surface area contributed by atoms with E-state index in [9.17, 15) is 29.2 Å². The van der Waals surface area contributed by atoms with Gasteiger partial charge in [-0.15, -0.1) is 11.6 Å². The monoisotopic (exact) mass is 933 g/mol. The van der Waals surface area contributed by atoms with Crippen LogP contribution in [0, 0.1) is 17.2 Å². The number of nitrogens with one attached hydrogen (secondary N) is 2. The summed E-state index contributed by atoms with van der Waals surface area (Å²) < 4.78 is 11.7. The van der Waals surface area contributed by atoms with Crippen molar-refractivity contribution in [2.24, 2.45) is 5.92 Å². The molecule has 9 rings (SSSR count). The highest BCUT2D eigenvalue weighted by Gasteiger charge is 2.46. The van der Waals surface area contributed by atoms with Crippen LogP contribution >= 0.6 is 23.2 Å². The third-order valence-corrected chi connectivity index (χ3v) is 14.0. The number of carbonyl (C=O) groups excluding carboxylic acids is 5. The van der Waals surface area contributed by atoms with Crippen LogP contribution in [0.5, 0.6) is 11.5 Å². The number of fused-ring (bicyclic) bond motifs is 1. The molecule has 0 radical (unpaired) electrons. The molecule has 0 saturated carbocycles. The van der Waals surface area contributed by atoms with E-state index in [1.54, 1.807) is 30.5 Å². The number of anilines is 2. The molecule has 0 bridgehead atoms. The summed E-state index contributed by atoms with van der Waals surface area (Å²) >= 11 is 12.3. The number of ether oxygens (including phenoxy) is 2. The lowest BCUT2D eigenvalue weighted by atomic mass is 9.77. The first-order valence-electron chi connectivity index (χ1n) is 22.2. The molecular weight excluding hydrogens is 885 g/mol. The van der Waals surface area contributed by atoms with Gasteiger partial charge in [-0.25, -0.2) is 9.97 Å². The summed E-state index contributed by atoms with van der Waals surface area (Å²) in [5.74, 6) is -0.750. The standard InChI is InChI=1S/C48H49Cl2N9O7/c1-48(2,31-19-29(22-51)42(39(50)20-31)65-18-14-49)30-3-6-36(7-4-30)66-27-32-11-15-52-47(53-32)55-43(61)28-12-16-56(17-13-28)34-23-58(24-34)35-25-57(26-35)33-5-8-37-38(21-33)46(64)59(45(37)63)40-9-10-41(60)54-44(40)62/h3-8,11,15,19-21,28,34-35,40H,9-10,12-14,16-18,23-27H2,1-2H3,(H,54,60,62)(H,52,53,55,61). The lowest BCUT2D eigenvalue weighted by Crippen LogP contribution is -2.70. The molecule has 1 unspecified atom stereocenters. The van der Waals surface area contributed by atoms with Gasteiger partial charge in [-0.2, -0.15) is 5.26 Å². The fourth-order valence-corrected chi connectivity index (χ4v) is 9.81. The number of nitrogens with zero attached hydrogens (tertiary/aromatic N) is 7. The van der Waals surface area contributed by atoms with Gasteiger partial charge in [0.25, 0.3) is 11.8 Å². The summed E-state index contributed by atoms with van der Waals surface area (Å²) in [5, 5.41) is 15.3. The number of benzene rings is 3. The number of piperidine rings is 2. The van der Waals surface area contributed by atoms with E-state index in [4.69, 9.17) is 32.7 Å². The second-order valence-electron chi connectivity index (χ2n) is 17.9. The number of hydrogen-bond donors (Lipinski definition) is 2. The van der Waals surface area contributed by atoms with Gasteiger partial charge in [-0.05, 0) is 92.0 Å². The summed E-state index contributed by atoms with van der Waals surface area (Å²) in [6.07, 6.45) is 3.31. The number of likely N-dealkylation sites (tertiary alicyclic amines) is 2. The van der Waals surface area contributed by atoms with E-state index >= 15 is 0 Å². The van der Waals surface area contributed by atoms with Crippen molar-refractivity contribution in [3.63, 3.8) is 0 Å². The fourth-order valence-electron chi connectivity index (χ4n) is 9.46. The smallest absolute Gasteiger partial charge is 0.262 e. The number of aromatic nitrogens is 2. The lowest BCUT2D eigenvalue weighted by molar-refractivity contribution is -0.136. The van der Waals surface area contributed by atoms with Crippen LogP contribution in [0.25, 0.3) is 0 Å². The molecule has 0 spiro atoms. The zero-order valence-corrected chi connectivity index (χ0v) is 38.1. The van der Waals surface area contributed by atoms with Gasteiger partial charge in [0.1, 0.15) is 31.1 Å². The highest BCUT2D eigenvalue weighted by Crippen LogP contribution is 2.39. The molecule has 342 valence electrons. The third-order valence-electron chi connectivity index (χ3n) is 13.6. The Kier molecular flexibility index (Phi) is 12.7. The second-order valence-corrected chi connectivity index (χ2v) is 18.7. The predicted molar refractivity (Wildman–Crippen MR) is 245 cm³/mol. The summed E-state index contributed by atoms with van der Waals surface area (Å²) in [5.41, 5.74) is 3.78. The van der Waals surface area contributed by atoms with E-state index in [2.05, 4.69) is 55.2 Å². The van der Waals surface area contributed by atoms with E-state index < -0.39 is 35.1 Å². The number of hydrogen-bond acceptors (Lipinski definition) is 13. The van der Waals surface area contributed by atoms with Crippen LogP contribution in [-0.4, -0.2) is 124 Å². The minimum Gasteiger partial charge on any atom is -0.489 e. The molecule has 4 fully saturated rings. The molecule has 5 aliphatic rings. The number of rotatable bonds is 14. The Morgan fingerprint density at radius 3 is 2.33 bits per heavy atom. The average Bonchev–Trinajstić information content (AvgIpc) is 3.53. The number of amides is 5. The van der Waals surface area contributed by atoms with Crippen molar-refractivity contribution in [3.05, 3.63) is 105 Å². The van der Waals surface area contributed by atoms with Gasteiger partial charge in [0, 0.05) is 67.9 Å². The molecule has 0 aliphatic carbocycles. The van der Waals surface area contributed by atoms with Crippen molar-refractivity contribution in [2.45, 2.75) is 69.7 Å². The van der Waals surface area contributed by atoms with Crippen molar-refractivity contribution >= 4 is 64.4 Å². The molecule has 4 aromatic rings. The number of carbonyl (C=O) groups is 5. The van der Waals surface area contributed by atoms with Crippen LogP contribution in [0.15, 0.2) is 66.9 Å². The minimum atomic E-state index is -0.986. The molecule has 2 N–H and O–H groups in total. The molecule has 6 heterocycles. The number of alkyl halides is 1. The van der Waals surface area contributed by atoms with Gasteiger partial charge >= 0.3 is 0 Å². The highest BCUT2D eigenvalue weighted by molar-refractivity contribution is 6.32. The molecular formula is C48H49Cl2N9O7. The first-order valence-corrected chi connectivity index (χ1v) is 23.1. The van der Waals surface area contributed by atoms with Gasteiger partial charge in [-0.1, -0.05) is 37.6 Å². The van der Waals surface area contributed by atoms with Gasteiger partial charge in [-0.3, -0.25) is 49.3 Å². The van der Waals surface area contributed by atoms with Crippen LogP contribution in [0.4, 0.5) is 11.6 Å². The van der Waals surface area contributed by atoms with Gasteiger partial charge < -0.3 is 14.4 Å². The SMILES string of the molecule is CC(C)(c1ccc(OCc2ccnc(NC(=O)C3CCN(C4CN(C5CN(c6ccc7c(c6)C(=O)N(C6CCC(=O)NC6=O)C7=O)C5)C4)CC3)n2)cc1)c1cc(Cl)c(OCCCl)c(C#N)c1. The maximum Gasteiger partial charge on any atom is 0.262 e. The maximum absolute atomic E-state index is 13.3. The first kappa shape index (κ1) is 45.1. The summed E-state index contributed by atoms with van der Waals surface area (Å²) in [6, 6.07) is 20.4. The van der Waals surface area contributed by atoms with Gasteiger partial charge in [0.2, 0.25) is 23.7 Å². The third kappa shape index (κ3) is 8.92. The van der Waals surface area contributed by atoms with E-state index in [-0.39, 0.29) is 60.8 Å². The van der Waals surface area contributed by atoms with E-state index in [0.717, 1.165) is 73.8 Å². The molecule has 66 heavy (non-hydrogen) atoms. The van der Waals surface area contributed by atoms with E-state index in [1.807, 2.05) is 36.4 Å².